The molecule has 1 atom stereocenters. The highest BCUT2D eigenvalue weighted by Gasteiger charge is 2.23. The molecule has 1 heterocycles. The summed E-state index contributed by atoms with van der Waals surface area (Å²) in [5.41, 5.74) is 2.17. The number of benzene rings is 2. The Morgan fingerprint density at radius 2 is 1.89 bits per heavy atom. The van der Waals surface area contributed by atoms with Crippen LogP contribution in [0.15, 0.2) is 42.5 Å². The van der Waals surface area contributed by atoms with Crippen molar-refractivity contribution in [3.8, 4) is 5.75 Å². The second kappa shape index (κ2) is 9.11. The fourth-order valence-corrected chi connectivity index (χ4v) is 3.53. The van der Waals surface area contributed by atoms with Crippen molar-refractivity contribution in [3.63, 3.8) is 0 Å². The van der Waals surface area contributed by atoms with Gasteiger partial charge in [-0.15, -0.1) is 0 Å². The van der Waals surface area contributed by atoms with E-state index >= 15 is 0 Å². The Hall–Kier alpha value is -2.24. The number of hydrogen-bond acceptors (Lipinski definition) is 4. The number of rotatable bonds is 8. The van der Waals surface area contributed by atoms with Crippen molar-refractivity contribution in [2.45, 2.75) is 25.8 Å². The monoisotopic (exact) mass is 370 g/mol. The predicted molar refractivity (Wildman–Crippen MR) is 105 cm³/mol. The SMILES string of the molecule is COc1ccc(C(CNCC(=O)c2ccc(C)c(F)c2)N2CCCC2)cc1. The molecule has 1 fully saturated rings. The zero-order valence-corrected chi connectivity index (χ0v) is 16.0. The molecule has 4 nitrogen and oxygen atoms in total. The summed E-state index contributed by atoms with van der Waals surface area (Å²) >= 11 is 0. The number of hydrogen-bond donors (Lipinski definition) is 1. The smallest absolute Gasteiger partial charge is 0.176 e. The fraction of sp³-hybridized carbons (Fsp3) is 0.409. The quantitative estimate of drug-likeness (QED) is 0.719. The van der Waals surface area contributed by atoms with Gasteiger partial charge in [0.1, 0.15) is 11.6 Å². The van der Waals surface area contributed by atoms with Crippen LogP contribution in [-0.2, 0) is 0 Å². The van der Waals surface area contributed by atoms with E-state index in [2.05, 4.69) is 22.3 Å². The molecule has 0 spiro atoms. The van der Waals surface area contributed by atoms with Gasteiger partial charge in [-0.1, -0.05) is 24.3 Å². The van der Waals surface area contributed by atoms with Crippen LogP contribution in [0.4, 0.5) is 4.39 Å². The zero-order valence-electron chi connectivity index (χ0n) is 16.0. The number of Topliss-reactive ketones (excluding diaryl/α,β-unsaturated/α-hetero) is 1. The first-order chi connectivity index (χ1) is 13.1. The Kier molecular flexibility index (Phi) is 6.58. The highest BCUT2D eigenvalue weighted by molar-refractivity contribution is 5.97. The van der Waals surface area contributed by atoms with Gasteiger partial charge in [-0.05, 0) is 62.2 Å². The standard InChI is InChI=1S/C22H27FN2O2/c1-16-5-6-18(13-20(16)23)22(26)15-24-14-21(25-11-3-4-12-25)17-7-9-19(27-2)10-8-17/h5-10,13,21,24H,3-4,11-12,14-15H2,1-2H3. The Labute approximate surface area is 160 Å². The Bertz CT molecular complexity index is 770. The lowest BCUT2D eigenvalue weighted by molar-refractivity contribution is 0.0987. The van der Waals surface area contributed by atoms with Crippen LogP contribution in [0.5, 0.6) is 5.75 Å². The molecular formula is C22H27FN2O2. The molecule has 2 aromatic carbocycles. The number of aryl methyl sites for hydroxylation is 1. The topological polar surface area (TPSA) is 41.6 Å². The normalized spacial score (nSPS) is 15.7. The molecule has 144 valence electrons. The van der Waals surface area contributed by atoms with E-state index < -0.39 is 0 Å². The Balaban J connectivity index is 1.63. The third-order valence-corrected chi connectivity index (χ3v) is 5.20. The minimum atomic E-state index is -0.339. The Morgan fingerprint density at radius 1 is 1.19 bits per heavy atom. The molecule has 1 saturated heterocycles. The molecule has 0 saturated carbocycles. The second-order valence-corrected chi connectivity index (χ2v) is 7.05. The fourth-order valence-electron chi connectivity index (χ4n) is 3.53. The molecule has 0 aliphatic carbocycles. The molecule has 27 heavy (non-hydrogen) atoms. The van der Waals surface area contributed by atoms with E-state index in [1.54, 1.807) is 26.2 Å². The van der Waals surface area contributed by atoms with Gasteiger partial charge in [0.25, 0.3) is 0 Å². The summed E-state index contributed by atoms with van der Waals surface area (Å²) in [5, 5.41) is 3.28. The summed E-state index contributed by atoms with van der Waals surface area (Å²) in [4.78, 5) is 14.8. The number of ether oxygens (including phenoxy) is 1. The largest absolute Gasteiger partial charge is 0.497 e. The number of carbonyl (C=O) groups is 1. The highest BCUT2D eigenvalue weighted by atomic mass is 19.1. The summed E-state index contributed by atoms with van der Waals surface area (Å²) in [6, 6.07) is 13.0. The van der Waals surface area contributed by atoms with Gasteiger partial charge < -0.3 is 10.1 Å². The van der Waals surface area contributed by atoms with Crippen LogP contribution in [0.2, 0.25) is 0 Å². The highest BCUT2D eigenvalue weighted by Crippen LogP contribution is 2.26. The number of carbonyl (C=O) groups excluding carboxylic acids is 1. The van der Waals surface area contributed by atoms with E-state index in [0.717, 1.165) is 18.8 Å². The van der Waals surface area contributed by atoms with Crippen LogP contribution in [0.3, 0.4) is 0 Å². The van der Waals surface area contributed by atoms with Crippen molar-refractivity contribution < 1.29 is 13.9 Å². The van der Waals surface area contributed by atoms with Gasteiger partial charge in [-0.2, -0.15) is 0 Å². The number of likely N-dealkylation sites (tertiary alicyclic amines) is 1. The minimum Gasteiger partial charge on any atom is -0.497 e. The molecule has 5 heteroatoms. The van der Waals surface area contributed by atoms with Crippen LogP contribution in [0.1, 0.15) is 40.4 Å². The van der Waals surface area contributed by atoms with E-state index in [1.807, 2.05) is 12.1 Å². The number of ketones is 1. The third-order valence-electron chi connectivity index (χ3n) is 5.20. The van der Waals surface area contributed by atoms with Crippen molar-refractivity contribution in [1.82, 2.24) is 10.2 Å². The molecule has 3 rings (SSSR count). The first kappa shape index (κ1) is 19.5. The summed E-state index contributed by atoms with van der Waals surface area (Å²) in [7, 11) is 1.66. The summed E-state index contributed by atoms with van der Waals surface area (Å²) in [5.74, 6) is 0.404. The van der Waals surface area contributed by atoms with Gasteiger partial charge in [0, 0.05) is 18.2 Å². The Morgan fingerprint density at radius 3 is 2.52 bits per heavy atom. The lowest BCUT2D eigenvalue weighted by atomic mass is 10.0. The van der Waals surface area contributed by atoms with Gasteiger partial charge in [0.05, 0.1) is 13.7 Å². The molecular weight excluding hydrogens is 343 g/mol. The van der Waals surface area contributed by atoms with E-state index in [-0.39, 0.29) is 24.2 Å². The van der Waals surface area contributed by atoms with Crippen LogP contribution < -0.4 is 10.1 Å². The molecule has 0 aromatic heterocycles. The van der Waals surface area contributed by atoms with E-state index in [0.29, 0.717) is 17.7 Å². The van der Waals surface area contributed by atoms with Gasteiger partial charge >= 0.3 is 0 Å². The van der Waals surface area contributed by atoms with Crippen LogP contribution in [-0.4, -0.2) is 44.0 Å². The van der Waals surface area contributed by atoms with Crippen molar-refractivity contribution in [1.29, 1.82) is 0 Å². The molecule has 2 aromatic rings. The van der Waals surface area contributed by atoms with E-state index in [9.17, 15) is 9.18 Å². The maximum absolute atomic E-state index is 13.7. The van der Waals surface area contributed by atoms with Crippen LogP contribution in [0, 0.1) is 12.7 Å². The molecule has 1 aliphatic heterocycles. The molecule has 1 aliphatic rings. The van der Waals surface area contributed by atoms with Gasteiger partial charge in [-0.25, -0.2) is 4.39 Å². The first-order valence-corrected chi connectivity index (χ1v) is 9.46. The summed E-state index contributed by atoms with van der Waals surface area (Å²) < 4.78 is 18.9. The summed E-state index contributed by atoms with van der Waals surface area (Å²) in [6.07, 6.45) is 2.41. The lowest BCUT2D eigenvalue weighted by Gasteiger charge is -2.28. The van der Waals surface area contributed by atoms with Gasteiger partial charge in [0.15, 0.2) is 5.78 Å². The molecule has 0 amide bonds. The molecule has 1 N–H and O–H groups in total. The van der Waals surface area contributed by atoms with Crippen molar-refractivity contribution in [2.75, 3.05) is 33.3 Å². The number of halogens is 1. The van der Waals surface area contributed by atoms with Crippen molar-refractivity contribution >= 4 is 5.78 Å². The maximum atomic E-state index is 13.7. The van der Waals surface area contributed by atoms with Crippen molar-refractivity contribution in [3.05, 3.63) is 65.0 Å². The van der Waals surface area contributed by atoms with Gasteiger partial charge in [-0.3, -0.25) is 9.69 Å². The molecule has 0 bridgehead atoms. The third kappa shape index (κ3) is 4.93. The lowest BCUT2D eigenvalue weighted by Crippen LogP contribution is -2.36. The van der Waals surface area contributed by atoms with E-state index in [1.165, 1.54) is 24.5 Å². The van der Waals surface area contributed by atoms with Gasteiger partial charge in [0.2, 0.25) is 0 Å². The zero-order chi connectivity index (χ0) is 19.2. The van der Waals surface area contributed by atoms with Crippen LogP contribution >= 0.6 is 0 Å². The average molecular weight is 370 g/mol. The number of nitrogens with one attached hydrogen (secondary N) is 1. The number of nitrogens with zero attached hydrogens (tertiary/aromatic N) is 1. The maximum Gasteiger partial charge on any atom is 0.176 e. The van der Waals surface area contributed by atoms with E-state index in [4.69, 9.17) is 4.74 Å². The number of methoxy groups -OCH3 is 1. The van der Waals surface area contributed by atoms with Crippen molar-refractivity contribution in [2.24, 2.45) is 0 Å². The summed E-state index contributed by atoms with van der Waals surface area (Å²) in [6.45, 7) is 4.69. The average Bonchev–Trinajstić information content (AvgIpc) is 3.22. The second-order valence-electron chi connectivity index (χ2n) is 7.05. The van der Waals surface area contributed by atoms with Crippen LogP contribution in [0.25, 0.3) is 0 Å². The predicted octanol–water partition coefficient (Wildman–Crippen LogP) is 3.75. The first-order valence-electron chi connectivity index (χ1n) is 9.46. The molecule has 0 radical (unpaired) electrons. The minimum absolute atomic E-state index is 0.0937. The molecule has 1 unspecified atom stereocenters.